The smallest absolute Gasteiger partial charge is 0.262 e. The summed E-state index contributed by atoms with van der Waals surface area (Å²) in [5, 5.41) is 5.54. The van der Waals surface area contributed by atoms with Crippen molar-refractivity contribution in [3.63, 3.8) is 0 Å². The van der Waals surface area contributed by atoms with Crippen molar-refractivity contribution in [1.29, 1.82) is 0 Å². The Morgan fingerprint density at radius 2 is 1.68 bits per heavy atom. The topological polar surface area (TPSA) is 53.0 Å². The molecule has 2 aromatic rings. The zero-order chi connectivity index (χ0) is 22.8. The second-order valence-corrected chi connectivity index (χ2v) is 8.99. The Morgan fingerprint density at radius 3 is 2.29 bits per heavy atom. The van der Waals surface area contributed by atoms with Crippen molar-refractivity contribution >= 4 is 17.5 Å². The summed E-state index contributed by atoms with van der Waals surface area (Å²) >= 11 is 0. The summed E-state index contributed by atoms with van der Waals surface area (Å²) in [4.78, 5) is 26.9. The molecule has 1 aliphatic heterocycles. The molecule has 1 atom stereocenters. The molecule has 164 valence electrons. The van der Waals surface area contributed by atoms with Gasteiger partial charge in [0.2, 0.25) is 5.91 Å². The summed E-state index contributed by atoms with van der Waals surface area (Å²) in [5.74, 6) is -1.54. The van der Waals surface area contributed by atoms with Crippen LogP contribution in [0.25, 0.3) is 0 Å². The first-order valence-corrected chi connectivity index (χ1v) is 10.2. The van der Waals surface area contributed by atoms with E-state index in [1.54, 1.807) is 43.4 Å². The fraction of sp³-hybridized carbons (Fsp3) is 0.375. The number of hydrogen-bond acceptors (Lipinski definition) is 3. The molecule has 0 saturated carbocycles. The molecule has 0 unspecified atom stereocenters. The Balaban J connectivity index is 1.89. The van der Waals surface area contributed by atoms with Crippen LogP contribution in [0.2, 0.25) is 0 Å². The number of amides is 2. The largest absolute Gasteiger partial charge is 0.336 e. The first kappa shape index (κ1) is 22.6. The second-order valence-electron chi connectivity index (χ2n) is 8.99. The summed E-state index contributed by atoms with van der Waals surface area (Å²) in [7, 11) is 1.56. The highest BCUT2D eigenvalue weighted by Gasteiger charge is 2.36. The summed E-state index contributed by atoms with van der Waals surface area (Å²) in [6.07, 6.45) is 0.463. The van der Waals surface area contributed by atoms with Crippen molar-refractivity contribution in [1.82, 2.24) is 9.91 Å². The van der Waals surface area contributed by atoms with Gasteiger partial charge in [-0.05, 0) is 17.5 Å². The average molecular weight is 427 g/mol. The lowest BCUT2D eigenvalue weighted by Gasteiger charge is -2.26. The van der Waals surface area contributed by atoms with Crippen molar-refractivity contribution in [2.45, 2.75) is 39.7 Å². The molecule has 0 aliphatic carbocycles. The number of rotatable bonds is 5. The van der Waals surface area contributed by atoms with Crippen molar-refractivity contribution in [2.24, 2.45) is 10.5 Å². The zero-order valence-electron chi connectivity index (χ0n) is 18.2. The lowest BCUT2D eigenvalue weighted by Crippen LogP contribution is -2.40. The van der Waals surface area contributed by atoms with Gasteiger partial charge in [0.05, 0.1) is 11.8 Å². The molecule has 0 saturated heterocycles. The number of hydrogen-bond donors (Lipinski definition) is 0. The van der Waals surface area contributed by atoms with Crippen LogP contribution in [0.4, 0.5) is 8.78 Å². The van der Waals surface area contributed by atoms with Crippen LogP contribution >= 0.6 is 0 Å². The third-order valence-electron chi connectivity index (χ3n) is 5.09. The predicted octanol–water partition coefficient (Wildman–Crippen LogP) is 4.54. The first-order chi connectivity index (χ1) is 14.6. The number of carbonyl (C=O) groups excluding carboxylic acids is 2. The van der Waals surface area contributed by atoms with Gasteiger partial charge in [-0.15, -0.1) is 0 Å². The second kappa shape index (κ2) is 8.96. The van der Waals surface area contributed by atoms with E-state index in [2.05, 4.69) is 5.10 Å². The predicted molar refractivity (Wildman–Crippen MR) is 115 cm³/mol. The van der Waals surface area contributed by atoms with Crippen LogP contribution in [0.1, 0.15) is 50.8 Å². The van der Waals surface area contributed by atoms with Crippen LogP contribution < -0.4 is 0 Å². The van der Waals surface area contributed by atoms with E-state index >= 15 is 0 Å². The molecule has 0 N–H and O–H groups in total. The SMILES string of the molecule is CN(CC(=O)N1N=C(c2ccccc2F)C[C@H]1c1ccccc1F)C(=O)CC(C)(C)C. The van der Waals surface area contributed by atoms with Crippen LogP contribution in [-0.2, 0) is 9.59 Å². The molecular formula is C24H27F2N3O2. The third-order valence-corrected chi connectivity index (χ3v) is 5.09. The van der Waals surface area contributed by atoms with Crippen LogP contribution in [0.15, 0.2) is 53.6 Å². The van der Waals surface area contributed by atoms with Gasteiger partial charge in [-0.1, -0.05) is 57.2 Å². The summed E-state index contributed by atoms with van der Waals surface area (Å²) < 4.78 is 28.9. The molecule has 5 nitrogen and oxygen atoms in total. The highest BCUT2D eigenvalue weighted by molar-refractivity contribution is 6.03. The molecule has 0 fully saturated rings. The van der Waals surface area contributed by atoms with Gasteiger partial charge in [-0.2, -0.15) is 5.10 Å². The highest BCUT2D eigenvalue weighted by atomic mass is 19.1. The van der Waals surface area contributed by atoms with Crippen molar-refractivity contribution in [3.05, 3.63) is 71.3 Å². The zero-order valence-corrected chi connectivity index (χ0v) is 18.2. The highest BCUT2D eigenvalue weighted by Crippen LogP contribution is 2.34. The maximum absolute atomic E-state index is 14.5. The fourth-order valence-electron chi connectivity index (χ4n) is 3.54. The van der Waals surface area contributed by atoms with E-state index < -0.39 is 23.6 Å². The lowest BCUT2D eigenvalue weighted by atomic mass is 9.92. The van der Waals surface area contributed by atoms with E-state index in [9.17, 15) is 18.4 Å². The van der Waals surface area contributed by atoms with E-state index in [0.717, 1.165) is 0 Å². The van der Waals surface area contributed by atoms with Crippen LogP contribution in [0.5, 0.6) is 0 Å². The minimum Gasteiger partial charge on any atom is -0.336 e. The Morgan fingerprint density at radius 1 is 1.06 bits per heavy atom. The molecule has 31 heavy (non-hydrogen) atoms. The molecule has 0 bridgehead atoms. The third kappa shape index (κ3) is 5.34. The molecule has 0 spiro atoms. The van der Waals surface area contributed by atoms with E-state index in [1.807, 2.05) is 20.8 Å². The van der Waals surface area contributed by atoms with Gasteiger partial charge in [0, 0.05) is 31.0 Å². The van der Waals surface area contributed by atoms with Gasteiger partial charge in [0.15, 0.2) is 0 Å². The molecular weight excluding hydrogens is 400 g/mol. The minimum absolute atomic E-state index is 0.166. The molecule has 0 aromatic heterocycles. The maximum Gasteiger partial charge on any atom is 0.262 e. The summed E-state index contributed by atoms with van der Waals surface area (Å²) in [6.45, 7) is 5.63. The van der Waals surface area contributed by atoms with Gasteiger partial charge >= 0.3 is 0 Å². The van der Waals surface area contributed by atoms with E-state index in [-0.39, 0.29) is 36.3 Å². The number of carbonyl (C=O) groups is 2. The van der Waals surface area contributed by atoms with Gasteiger partial charge in [0.1, 0.15) is 18.2 Å². The Bertz CT molecular complexity index is 1010. The van der Waals surface area contributed by atoms with Crippen molar-refractivity contribution in [2.75, 3.05) is 13.6 Å². The maximum atomic E-state index is 14.5. The number of nitrogens with zero attached hydrogens (tertiary/aromatic N) is 3. The lowest BCUT2D eigenvalue weighted by molar-refractivity contribution is -0.141. The monoisotopic (exact) mass is 427 g/mol. The minimum atomic E-state index is -0.713. The number of hydrazone groups is 1. The summed E-state index contributed by atoms with van der Waals surface area (Å²) in [5.41, 5.74) is 0.725. The quantitative estimate of drug-likeness (QED) is 0.704. The summed E-state index contributed by atoms with van der Waals surface area (Å²) in [6, 6.07) is 11.6. The van der Waals surface area contributed by atoms with Crippen LogP contribution in [-0.4, -0.2) is 41.0 Å². The first-order valence-electron chi connectivity index (χ1n) is 10.2. The van der Waals surface area contributed by atoms with Gasteiger partial charge in [-0.25, -0.2) is 13.8 Å². The molecule has 1 heterocycles. The molecule has 2 amide bonds. The number of benzene rings is 2. The Hall–Kier alpha value is -3.09. The van der Waals surface area contributed by atoms with Gasteiger partial charge < -0.3 is 4.90 Å². The standard InChI is InChI=1S/C24H27F2N3O2/c1-24(2,3)14-22(30)28(4)15-23(31)29-21(17-10-6-8-12-19(17)26)13-20(27-29)16-9-5-7-11-18(16)25/h5-12,21H,13-15H2,1-4H3/t21-/m0/s1. The fourth-order valence-corrected chi connectivity index (χ4v) is 3.54. The molecule has 3 rings (SSSR count). The molecule has 7 heteroatoms. The van der Waals surface area contributed by atoms with Crippen molar-refractivity contribution in [3.8, 4) is 0 Å². The van der Waals surface area contributed by atoms with E-state index in [0.29, 0.717) is 11.3 Å². The van der Waals surface area contributed by atoms with E-state index in [4.69, 9.17) is 0 Å². The van der Waals surface area contributed by atoms with E-state index in [1.165, 1.54) is 22.0 Å². The van der Waals surface area contributed by atoms with Gasteiger partial charge in [-0.3, -0.25) is 9.59 Å². The number of halogens is 2. The van der Waals surface area contributed by atoms with Crippen LogP contribution in [0, 0.1) is 17.0 Å². The number of likely N-dealkylation sites (N-methyl/N-ethyl adjacent to an activating group) is 1. The Labute approximate surface area is 181 Å². The van der Waals surface area contributed by atoms with Gasteiger partial charge in [0.25, 0.3) is 5.91 Å². The van der Waals surface area contributed by atoms with Crippen LogP contribution in [0.3, 0.4) is 0 Å². The Kier molecular flexibility index (Phi) is 6.53. The molecule has 1 aliphatic rings. The normalized spacial score (nSPS) is 16.3. The molecule has 0 radical (unpaired) electrons. The average Bonchev–Trinajstić information content (AvgIpc) is 3.12. The van der Waals surface area contributed by atoms with Crippen molar-refractivity contribution < 1.29 is 18.4 Å². The molecule has 2 aromatic carbocycles.